The lowest BCUT2D eigenvalue weighted by Gasteiger charge is -2.30. The lowest BCUT2D eigenvalue weighted by atomic mass is 9.89. The van der Waals surface area contributed by atoms with E-state index in [9.17, 15) is 14.9 Å². The van der Waals surface area contributed by atoms with Gasteiger partial charge in [-0.05, 0) is 43.7 Å². The molecule has 1 aliphatic rings. The van der Waals surface area contributed by atoms with E-state index < -0.39 is 10.8 Å². The fourth-order valence-corrected chi connectivity index (χ4v) is 2.93. The average molecular weight is 357 g/mol. The van der Waals surface area contributed by atoms with Crippen LogP contribution in [0.2, 0.25) is 0 Å². The molecule has 2 aromatic carbocycles. The summed E-state index contributed by atoms with van der Waals surface area (Å²) < 4.78 is 16.8. The number of benzene rings is 2. The summed E-state index contributed by atoms with van der Waals surface area (Å²) in [7, 11) is 1.56. The van der Waals surface area contributed by atoms with Gasteiger partial charge < -0.3 is 14.2 Å². The number of Topliss-reactive ketones (excluding diaryl/α,β-unsaturated/α-hetero) is 1. The van der Waals surface area contributed by atoms with Gasteiger partial charge in [-0.2, -0.15) is 0 Å². The molecule has 1 aliphatic heterocycles. The zero-order valence-corrected chi connectivity index (χ0v) is 14.7. The van der Waals surface area contributed by atoms with Crippen LogP contribution in [0.4, 0.5) is 5.69 Å². The van der Waals surface area contributed by atoms with E-state index in [4.69, 9.17) is 14.2 Å². The smallest absolute Gasteiger partial charge is 0.269 e. The molecule has 0 aromatic heterocycles. The number of hydrogen-bond donors (Lipinski definition) is 0. The molecule has 0 fully saturated rings. The van der Waals surface area contributed by atoms with E-state index >= 15 is 0 Å². The maximum absolute atomic E-state index is 12.9. The Morgan fingerprint density at radius 1 is 1.23 bits per heavy atom. The molecule has 3 rings (SSSR count). The molecule has 0 saturated heterocycles. The van der Waals surface area contributed by atoms with Gasteiger partial charge in [-0.3, -0.25) is 14.9 Å². The van der Waals surface area contributed by atoms with Gasteiger partial charge in [0, 0.05) is 12.1 Å². The van der Waals surface area contributed by atoms with Crippen LogP contribution in [0.15, 0.2) is 36.4 Å². The van der Waals surface area contributed by atoms with Gasteiger partial charge in [0.1, 0.15) is 30.0 Å². The first-order valence-corrected chi connectivity index (χ1v) is 8.17. The number of nitro groups is 1. The van der Waals surface area contributed by atoms with Crippen molar-refractivity contribution in [1.29, 1.82) is 0 Å². The Kier molecular flexibility index (Phi) is 4.79. The van der Waals surface area contributed by atoms with Gasteiger partial charge in [-0.25, -0.2) is 0 Å². The Morgan fingerprint density at radius 2 is 1.92 bits per heavy atom. The zero-order valence-electron chi connectivity index (χ0n) is 14.7. The molecule has 7 nitrogen and oxygen atoms in total. The van der Waals surface area contributed by atoms with E-state index in [0.717, 1.165) is 5.56 Å². The number of nitrogens with zero attached hydrogens (tertiary/aromatic N) is 1. The Bertz CT molecular complexity index is 846. The number of carbonyl (C=O) groups is 1. The SMILES string of the molecule is COc1cc2c(cc1C)OC(C)C(COc1ccc([N+](=O)[O-])cc1)C2=O. The van der Waals surface area contributed by atoms with E-state index in [1.807, 2.05) is 13.8 Å². The zero-order chi connectivity index (χ0) is 18.8. The molecule has 26 heavy (non-hydrogen) atoms. The van der Waals surface area contributed by atoms with Gasteiger partial charge in [0.15, 0.2) is 5.78 Å². The molecule has 0 amide bonds. The maximum Gasteiger partial charge on any atom is 0.269 e. The number of non-ortho nitro benzene ring substituents is 1. The highest BCUT2D eigenvalue weighted by atomic mass is 16.6. The number of aryl methyl sites for hydroxylation is 1. The molecule has 0 aliphatic carbocycles. The molecule has 0 bridgehead atoms. The molecule has 7 heteroatoms. The fourth-order valence-electron chi connectivity index (χ4n) is 2.93. The highest BCUT2D eigenvalue weighted by Gasteiger charge is 2.36. The van der Waals surface area contributed by atoms with E-state index in [0.29, 0.717) is 22.8 Å². The number of ether oxygens (including phenoxy) is 3. The number of carbonyl (C=O) groups excluding carboxylic acids is 1. The molecule has 1 heterocycles. The Labute approximate surface area is 150 Å². The van der Waals surface area contributed by atoms with Gasteiger partial charge >= 0.3 is 0 Å². The predicted molar refractivity (Wildman–Crippen MR) is 94.2 cm³/mol. The van der Waals surface area contributed by atoms with Crippen LogP contribution in [0, 0.1) is 23.0 Å². The Morgan fingerprint density at radius 3 is 2.54 bits per heavy atom. The van der Waals surface area contributed by atoms with Crippen LogP contribution in [0.3, 0.4) is 0 Å². The van der Waals surface area contributed by atoms with Crippen molar-refractivity contribution in [3.63, 3.8) is 0 Å². The number of methoxy groups -OCH3 is 1. The van der Waals surface area contributed by atoms with Gasteiger partial charge in [0.25, 0.3) is 5.69 Å². The van der Waals surface area contributed by atoms with Crippen molar-refractivity contribution < 1.29 is 23.9 Å². The molecule has 2 aromatic rings. The monoisotopic (exact) mass is 357 g/mol. The van der Waals surface area contributed by atoms with E-state index in [-0.39, 0.29) is 24.2 Å². The van der Waals surface area contributed by atoms with Gasteiger partial charge in [0.05, 0.1) is 23.5 Å². The molecule has 0 N–H and O–H groups in total. The molecular weight excluding hydrogens is 338 g/mol. The lowest BCUT2D eigenvalue weighted by molar-refractivity contribution is -0.384. The second-order valence-corrected chi connectivity index (χ2v) is 6.17. The summed E-state index contributed by atoms with van der Waals surface area (Å²) >= 11 is 0. The average Bonchev–Trinajstić information content (AvgIpc) is 2.61. The third kappa shape index (κ3) is 3.33. The molecule has 2 unspecified atom stereocenters. The summed E-state index contributed by atoms with van der Waals surface area (Å²) in [6, 6.07) is 9.24. The summed E-state index contributed by atoms with van der Waals surface area (Å²) in [6.45, 7) is 3.83. The minimum absolute atomic E-state index is 0.0146. The largest absolute Gasteiger partial charge is 0.496 e. The van der Waals surface area contributed by atoms with Crippen LogP contribution in [0.25, 0.3) is 0 Å². The van der Waals surface area contributed by atoms with Gasteiger partial charge in [0.2, 0.25) is 0 Å². The summed E-state index contributed by atoms with van der Waals surface area (Å²) in [5.41, 5.74) is 1.36. The number of nitro benzene ring substituents is 1. The Balaban J connectivity index is 1.76. The van der Waals surface area contributed by atoms with Crippen LogP contribution in [-0.4, -0.2) is 30.5 Å². The number of rotatable bonds is 5. The van der Waals surface area contributed by atoms with Crippen LogP contribution in [0.1, 0.15) is 22.8 Å². The second kappa shape index (κ2) is 7.03. The van der Waals surface area contributed by atoms with E-state index in [2.05, 4.69) is 0 Å². The topological polar surface area (TPSA) is 87.9 Å². The number of ketones is 1. The quantitative estimate of drug-likeness (QED) is 0.600. The minimum atomic E-state index is -0.481. The van der Waals surface area contributed by atoms with Crippen LogP contribution in [-0.2, 0) is 0 Å². The van der Waals surface area contributed by atoms with Gasteiger partial charge in [-0.15, -0.1) is 0 Å². The molecule has 0 spiro atoms. The highest BCUT2D eigenvalue weighted by molar-refractivity contribution is 6.02. The molecule has 2 atom stereocenters. The molecule has 0 saturated carbocycles. The van der Waals surface area contributed by atoms with Crippen LogP contribution in [0.5, 0.6) is 17.2 Å². The van der Waals surface area contributed by atoms with Crippen LogP contribution < -0.4 is 14.2 Å². The minimum Gasteiger partial charge on any atom is -0.496 e. The van der Waals surface area contributed by atoms with Crippen molar-refractivity contribution in [3.8, 4) is 17.2 Å². The summed E-state index contributed by atoms with van der Waals surface area (Å²) in [5, 5.41) is 10.7. The third-order valence-corrected chi connectivity index (χ3v) is 4.46. The molecule has 0 radical (unpaired) electrons. The molecule has 136 valence electrons. The third-order valence-electron chi connectivity index (χ3n) is 4.46. The first kappa shape index (κ1) is 17.7. The summed E-state index contributed by atoms with van der Waals surface area (Å²) in [4.78, 5) is 23.1. The first-order valence-electron chi connectivity index (χ1n) is 8.17. The molecular formula is C19H19NO6. The van der Waals surface area contributed by atoms with Crippen molar-refractivity contribution in [1.82, 2.24) is 0 Å². The maximum atomic E-state index is 12.9. The van der Waals surface area contributed by atoms with Crippen molar-refractivity contribution in [2.24, 2.45) is 5.92 Å². The summed E-state index contributed by atoms with van der Waals surface area (Å²) in [5.74, 6) is 1.09. The van der Waals surface area contributed by atoms with Crippen molar-refractivity contribution in [2.75, 3.05) is 13.7 Å². The van der Waals surface area contributed by atoms with E-state index in [1.54, 1.807) is 19.2 Å². The second-order valence-electron chi connectivity index (χ2n) is 6.17. The standard InChI is InChI=1S/C19H19NO6/c1-11-8-18-15(9-17(11)24-3)19(21)16(12(2)26-18)10-25-14-6-4-13(5-7-14)20(22)23/h4-9,12,16H,10H2,1-3H3. The number of hydrogen-bond acceptors (Lipinski definition) is 6. The highest BCUT2D eigenvalue weighted by Crippen LogP contribution is 2.36. The van der Waals surface area contributed by atoms with Crippen molar-refractivity contribution >= 4 is 11.5 Å². The lowest BCUT2D eigenvalue weighted by Crippen LogP contribution is -2.39. The van der Waals surface area contributed by atoms with Crippen molar-refractivity contribution in [2.45, 2.75) is 20.0 Å². The van der Waals surface area contributed by atoms with E-state index in [1.165, 1.54) is 24.3 Å². The van der Waals surface area contributed by atoms with Crippen LogP contribution >= 0.6 is 0 Å². The fraction of sp³-hybridized carbons (Fsp3) is 0.316. The predicted octanol–water partition coefficient (Wildman–Crippen LogP) is 3.57. The van der Waals surface area contributed by atoms with Crippen molar-refractivity contribution in [3.05, 3.63) is 57.6 Å². The first-order chi connectivity index (χ1) is 12.4. The Hall–Kier alpha value is -3.09. The normalized spacial score (nSPS) is 18.7. The number of fused-ring (bicyclic) bond motifs is 1. The summed E-state index contributed by atoms with van der Waals surface area (Å²) in [6.07, 6.45) is -0.346. The van der Waals surface area contributed by atoms with Gasteiger partial charge in [-0.1, -0.05) is 0 Å².